The molecule has 20 heavy (non-hydrogen) atoms. The fourth-order valence-corrected chi connectivity index (χ4v) is 1.82. The van der Waals surface area contributed by atoms with Crippen LogP contribution in [0.5, 0.6) is 5.75 Å². The molecule has 1 atom stereocenters. The molecular weight excluding hydrogens is 256 g/mol. The lowest BCUT2D eigenvalue weighted by molar-refractivity contribution is -0.136. The van der Waals surface area contributed by atoms with Gasteiger partial charge in [0.25, 0.3) is 0 Å². The molecule has 0 heterocycles. The van der Waals surface area contributed by atoms with Gasteiger partial charge in [0, 0.05) is 0 Å². The summed E-state index contributed by atoms with van der Waals surface area (Å²) in [6.45, 7) is 0.155. The Balaban J connectivity index is 1.89. The molecule has 2 N–H and O–H groups in total. The lowest BCUT2D eigenvalue weighted by atomic mass is 10.1. The summed E-state index contributed by atoms with van der Waals surface area (Å²) in [4.78, 5) is 10.6. The number of aliphatic hydroxyl groups excluding tert-OH is 1. The fourth-order valence-electron chi connectivity index (χ4n) is 1.82. The monoisotopic (exact) mass is 272 g/mol. The molecule has 0 fully saturated rings. The van der Waals surface area contributed by atoms with Crippen LogP contribution in [0.4, 0.5) is 0 Å². The van der Waals surface area contributed by atoms with Gasteiger partial charge in [-0.2, -0.15) is 0 Å². The molecule has 0 spiro atoms. The van der Waals surface area contributed by atoms with E-state index in [1.54, 1.807) is 24.3 Å². The van der Waals surface area contributed by atoms with Crippen molar-refractivity contribution in [2.24, 2.45) is 0 Å². The van der Waals surface area contributed by atoms with E-state index in [-0.39, 0.29) is 13.0 Å². The highest BCUT2D eigenvalue weighted by atomic mass is 16.5. The number of ether oxygens (including phenoxy) is 1. The van der Waals surface area contributed by atoms with Crippen LogP contribution in [-0.4, -0.2) is 22.8 Å². The maximum atomic E-state index is 10.6. The van der Waals surface area contributed by atoms with Gasteiger partial charge in [0.05, 0.1) is 6.42 Å². The molecule has 0 bridgehead atoms. The second-order valence-electron chi connectivity index (χ2n) is 4.45. The summed E-state index contributed by atoms with van der Waals surface area (Å²) in [7, 11) is 0. The lowest BCUT2D eigenvalue weighted by Gasteiger charge is -2.12. The Kier molecular flexibility index (Phi) is 4.74. The van der Waals surface area contributed by atoms with Crippen molar-refractivity contribution in [2.75, 3.05) is 6.61 Å². The summed E-state index contributed by atoms with van der Waals surface area (Å²) >= 11 is 0. The molecule has 0 aliphatic carbocycles. The number of benzene rings is 2. The highest BCUT2D eigenvalue weighted by molar-refractivity contribution is 5.70. The summed E-state index contributed by atoms with van der Waals surface area (Å²) in [6, 6.07) is 16.1. The number of carboxylic acids is 1. The third-order valence-electron chi connectivity index (χ3n) is 2.87. The number of carbonyl (C=O) groups is 1. The smallest absolute Gasteiger partial charge is 0.307 e. The Morgan fingerprint density at radius 2 is 1.70 bits per heavy atom. The highest BCUT2D eigenvalue weighted by Crippen LogP contribution is 2.17. The standard InChI is InChI=1S/C16H16O4/c17-15(13-4-2-1-3-5-13)11-20-14-8-6-12(7-9-14)10-16(18)19/h1-9,15,17H,10-11H2,(H,18,19). The minimum absolute atomic E-state index is 0.00702. The van der Waals surface area contributed by atoms with Crippen molar-refractivity contribution in [2.45, 2.75) is 12.5 Å². The molecule has 0 aromatic heterocycles. The van der Waals surface area contributed by atoms with Gasteiger partial charge in [-0.05, 0) is 23.3 Å². The van der Waals surface area contributed by atoms with Gasteiger partial charge >= 0.3 is 5.97 Å². The molecule has 0 radical (unpaired) electrons. The van der Waals surface area contributed by atoms with Crippen molar-refractivity contribution in [3.63, 3.8) is 0 Å². The number of hydrogen-bond acceptors (Lipinski definition) is 3. The van der Waals surface area contributed by atoms with Crippen LogP contribution in [-0.2, 0) is 11.2 Å². The Morgan fingerprint density at radius 1 is 1.05 bits per heavy atom. The molecule has 104 valence electrons. The molecule has 0 aliphatic heterocycles. The van der Waals surface area contributed by atoms with Crippen molar-refractivity contribution in [3.05, 3.63) is 65.7 Å². The van der Waals surface area contributed by atoms with E-state index < -0.39 is 12.1 Å². The first-order valence-electron chi connectivity index (χ1n) is 6.31. The Bertz CT molecular complexity index is 548. The van der Waals surface area contributed by atoms with Crippen LogP contribution in [0.1, 0.15) is 17.2 Å². The van der Waals surface area contributed by atoms with Gasteiger partial charge in [-0.1, -0.05) is 42.5 Å². The molecular formula is C16H16O4. The predicted molar refractivity (Wildman–Crippen MR) is 74.7 cm³/mol. The first kappa shape index (κ1) is 14.1. The fraction of sp³-hybridized carbons (Fsp3) is 0.188. The van der Waals surface area contributed by atoms with Gasteiger partial charge in [0.1, 0.15) is 18.5 Å². The third kappa shape index (κ3) is 4.10. The number of carboxylic acid groups (broad SMARTS) is 1. The minimum atomic E-state index is -0.863. The largest absolute Gasteiger partial charge is 0.491 e. The van der Waals surface area contributed by atoms with Crippen LogP contribution in [0.15, 0.2) is 54.6 Å². The Hall–Kier alpha value is -2.33. The zero-order chi connectivity index (χ0) is 14.4. The number of aliphatic hydroxyl groups is 1. The van der Waals surface area contributed by atoms with Gasteiger partial charge in [-0.25, -0.2) is 0 Å². The van der Waals surface area contributed by atoms with E-state index in [4.69, 9.17) is 9.84 Å². The van der Waals surface area contributed by atoms with Gasteiger partial charge in [-0.15, -0.1) is 0 Å². The first-order valence-corrected chi connectivity index (χ1v) is 6.31. The van der Waals surface area contributed by atoms with E-state index in [0.717, 1.165) is 5.56 Å². The highest BCUT2D eigenvalue weighted by Gasteiger charge is 2.08. The van der Waals surface area contributed by atoms with Crippen LogP contribution < -0.4 is 4.74 Å². The molecule has 2 aromatic rings. The molecule has 4 heteroatoms. The molecule has 4 nitrogen and oxygen atoms in total. The summed E-state index contributed by atoms with van der Waals surface area (Å²) in [5.41, 5.74) is 1.52. The van der Waals surface area contributed by atoms with E-state index in [1.165, 1.54) is 0 Å². The van der Waals surface area contributed by atoms with Crippen LogP contribution >= 0.6 is 0 Å². The summed E-state index contributed by atoms with van der Waals surface area (Å²) in [5, 5.41) is 18.6. The molecule has 0 saturated heterocycles. The average molecular weight is 272 g/mol. The second-order valence-corrected chi connectivity index (χ2v) is 4.45. The lowest BCUT2D eigenvalue weighted by Crippen LogP contribution is -2.09. The summed E-state index contributed by atoms with van der Waals surface area (Å²) < 4.78 is 5.48. The topological polar surface area (TPSA) is 66.8 Å². The van der Waals surface area contributed by atoms with Crippen molar-refractivity contribution in [3.8, 4) is 5.75 Å². The van der Waals surface area contributed by atoms with Crippen LogP contribution in [0.3, 0.4) is 0 Å². The number of rotatable bonds is 6. The summed E-state index contributed by atoms with van der Waals surface area (Å²) in [6.07, 6.45) is -0.692. The molecule has 0 aliphatic rings. The molecule has 2 rings (SSSR count). The van der Waals surface area contributed by atoms with Crippen molar-refractivity contribution in [1.82, 2.24) is 0 Å². The van der Waals surface area contributed by atoms with Crippen LogP contribution in [0.25, 0.3) is 0 Å². The van der Waals surface area contributed by atoms with Crippen LogP contribution in [0.2, 0.25) is 0 Å². The van der Waals surface area contributed by atoms with Gasteiger partial charge in [-0.3, -0.25) is 4.79 Å². The van der Waals surface area contributed by atoms with Gasteiger partial charge < -0.3 is 14.9 Å². The van der Waals surface area contributed by atoms with E-state index in [9.17, 15) is 9.90 Å². The zero-order valence-corrected chi connectivity index (χ0v) is 10.9. The zero-order valence-electron chi connectivity index (χ0n) is 10.9. The van der Waals surface area contributed by atoms with E-state index in [1.807, 2.05) is 30.3 Å². The maximum absolute atomic E-state index is 10.6. The third-order valence-corrected chi connectivity index (χ3v) is 2.87. The minimum Gasteiger partial charge on any atom is -0.491 e. The van der Waals surface area contributed by atoms with E-state index in [2.05, 4.69) is 0 Å². The normalized spacial score (nSPS) is 11.8. The van der Waals surface area contributed by atoms with E-state index >= 15 is 0 Å². The van der Waals surface area contributed by atoms with Crippen molar-refractivity contribution in [1.29, 1.82) is 0 Å². The van der Waals surface area contributed by atoms with Crippen molar-refractivity contribution < 1.29 is 19.7 Å². The first-order chi connectivity index (χ1) is 9.65. The predicted octanol–water partition coefficient (Wildman–Crippen LogP) is 2.43. The molecule has 2 aromatic carbocycles. The quantitative estimate of drug-likeness (QED) is 0.847. The summed E-state index contributed by atoms with van der Waals surface area (Å²) in [5.74, 6) is -0.257. The maximum Gasteiger partial charge on any atom is 0.307 e. The van der Waals surface area contributed by atoms with E-state index in [0.29, 0.717) is 11.3 Å². The molecule has 0 saturated carbocycles. The molecule has 1 unspecified atom stereocenters. The Labute approximate surface area is 117 Å². The number of hydrogen-bond donors (Lipinski definition) is 2. The van der Waals surface area contributed by atoms with Crippen molar-refractivity contribution >= 4 is 5.97 Å². The SMILES string of the molecule is O=C(O)Cc1ccc(OCC(O)c2ccccc2)cc1. The molecule has 0 amide bonds. The Morgan fingerprint density at radius 3 is 2.30 bits per heavy atom. The van der Waals surface area contributed by atoms with Gasteiger partial charge in [0.15, 0.2) is 0 Å². The number of aliphatic carboxylic acids is 1. The second kappa shape index (κ2) is 6.73. The van der Waals surface area contributed by atoms with Crippen LogP contribution in [0, 0.1) is 0 Å². The average Bonchev–Trinajstić information content (AvgIpc) is 2.46. The van der Waals surface area contributed by atoms with Gasteiger partial charge in [0.2, 0.25) is 0 Å².